The predicted octanol–water partition coefficient (Wildman–Crippen LogP) is 2.48. The molecule has 0 amide bonds. The Morgan fingerprint density at radius 2 is 1.88 bits per heavy atom. The van der Waals surface area contributed by atoms with Crippen molar-refractivity contribution in [1.29, 1.82) is 0 Å². The van der Waals surface area contributed by atoms with Gasteiger partial charge in [0.2, 0.25) is 0 Å². The van der Waals surface area contributed by atoms with E-state index >= 15 is 0 Å². The molecule has 2 aromatic rings. The van der Waals surface area contributed by atoms with Gasteiger partial charge in [-0.15, -0.1) is 0 Å². The Bertz CT molecular complexity index is 537. The molecule has 0 saturated carbocycles. The van der Waals surface area contributed by atoms with Gasteiger partial charge in [0, 0.05) is 34.9 Å². The molecule has 0 bridgehead atoms. The van der Waals surface area contributed by atoms with Crippen molar-refractivity contribution in [1.82, 2.24) is 9.97 Å². The number of aliphatic hydroxyl groups is 1. The number of nitrogens with zero attached hydrogens (tertiary/aromatic N) is 2. The van der Waals surface area contributed by atoms with Gasteiger partial charge in [-0.25, -0.2) is 0 Å². The van der Waals surface area contributed by atoms with Crippen molar-refractivity contribution < 1.29 is 5.11 Å². The second-order valence-corrected chi connectivity index (χ2v) is 4.33. The first-order valence-corrected chi connectivity index (χ1v) is 5.61. The highest BCUT2D eigenvalue weighted by atomic mass is 16.3. The lowest BCUT2D eigenvalue weighted by molar-refractivity contribution is 0.218. The van der Waals surface area contributed by atoms with Crippen LogP contribution in [0.4, 0.5) is 0 Å². The topological polar surface area (TPSA) is 46.0 Å². The molecular weight excluding hydrogens is 212 g/mol. The van der Waals surface area contributed by atoms with Crippen LogP contribution in [0.1, 0.15) is 34.2 Å². The van der Waals surface area contributed by atoms with Gasteiger partial charge in [0.15, 0.2) is 0 Å². The summed E-state index contributed by atoms with van der Waals surface area (Å²) >= 11 is 0. The highest BCUT2D eigenvalue weighted by molar-refractivity contribution is 5.32. The van der Waals surface area contributed by atoms with Crippen LogP contribution in [0.5, 0.6) is 0 Å². The summed E-state index contributed by atoms with van der Waals surface area (Å²) in [6, 6.07) is 5.77. The zero-order valence-corrected chi connectivity index (χ0v) is 10.3. The van der Waals surface area contributed by atoms with Gasteiger partial charge in [-0.2, -0.15) is 0 Å². The third-order valence-corrected chi connectivity index (χ3v) is 2.77. The minimum atomic E-state index is -0.657. The van der Waals surface area contributed by atoms with Crippen molar-refractivity contribution in [3.05, 3.63) is 58.7 Å². The molecule has 3 heteroatoms. The number of pyridine rings is 2. The maximum absolute atomic E-state index is 10.3. The largest absolute Gasteiger partial charge is 0.384 e. The van der Waals surface area contributed by atoms with E-state index in [0.29, 0.717) is 0 Å². The first-order valence-electron chi connectivity index (χ1n) is 5.61. The first kappa shape index (κ1) is 11.7. The monoisotopic (exact) mass is 228 g/mol. The Hall–Kier alpha value is -1.74. The van der Waals surface area contributed by atoms with Crippen LogP contribution in [0.2, 0.25) is 0 Å². The van der Waals surface area contributed by atoms with E-state index in [4.69, 9.17) is 0 Å². The molecule has 0 saturated heterocycles. The highest BCUT2D eigenvalue weighted by Crippen LogP contribution is 2.23. The molecule has 2 rings (SSSR count). The Balaban J connectivity index is 2.40. The molecule has 0 aliphatic carbocycles. The molecule has 0 aliphatic rings. The van der Waals surface area contributed by atoms with Gasteiger partial charge in [0.1, 0.15) is 6.10 Å². The van der Waals surface area contributed by atoms with E-state index in [1.807, 2.05) is 39.0 Å². The first-order chi connectivity index (χ1) is 8.08. The Morgan fingerprint density at radius 1 is 1.12 bits per heavy atom. The summed E-state index contributed by atoms with van der Waals surface area (Å²) < 4.78 is 0. The number of hydrogen-bond acceptors (Lipinski definition) is 3. The summed E-state index contributed by atoms with van der Waals surface area (Å²) in [4.78, 5) is 8.46. The molecule has 88 valence electrons. The van der Waals surface area contributed by atoms with Crippen LogP contribution in [-0.4, -0.2) is 15.1 Å². The predicted molar refractivity (Wildman–Crippen MR) is 66.7 cm³/mol. The molecule has 2 heterocycles. The average Bonchev–Trinajstić information content (AvgIpc) is 2.28. The van der Waals surface area contributed by atoms with Crippen LogP contribution in [0.25, 0.3) is 0 Å². The van der Waals surface area contributed by atoms with Crippen molar-refractivity contribution >= 4 is 0 Å². The summed E-state index contributed by atoms with van der Waals surface area (Å²) in [6.07, 6.45) is 2.81. The molecule has 0 fully saturated rings. The van der Waals surface area contributed by atoms with Crippen molar-refractivity contribution in [2.45, 2.75) is 26.9 Å². The van der Waals surface area contributed by atoms with Crippen LogP contribution in [0, 0.1) is 20.8 Å². The molecular formula is C14H16N2O. The lowest BCUT2D eigenvalue weighted by Crippen LogP contribution is -2.04. The SMILES string of the molecule is Cc1cncc(C(O)c2ccc(C)nc2C)c1. The van der Waals surface area contributed by atoms with Gasteiger partial charge < -0.3 is 5.11 Å². The van der Waals surface area contributed by atoms with E-state index in [9.17, 15) is 5.11 Å². The van der Waals surface area contributed by atoms with Gasteiger partial charge in [0.05, 0.1) is 0 Å². The van der Waals surface area contributed by atoms with Gasteiger partial charge in [-0.05, 0) is 32.4 Å². The summed E-state index contributed by atoms with van der Waals surface area (Å²) in [7, 11) is 0. The molecule has 3 nitrogen and oxygen atoms in total. The van der Waals surface area contributed by atoms with E-state index in [-0.39, 0.29) is 0 Å². The molecule has 2 aromatic heterocycles. The zero-order chi connectivity index (χ0) is 12.4. The van der Waals surface area contributed by atoms with Crippen LogP contribution < -0.4 is 0 Å². The van der Waals surface area contributed by atoms with Gasteiger partial charge >= 0.3 is 0 Å². The lowest BCUT2D eigenvalue weighted by atomic mass is 10.0. The maximum atomic E-state index is 10.3. The lowest BCUT2D eigenvalue weighted by Gasteiger charge is -2.14. The minimum absolute atomic E-state index is 0.657. The van der Waals surface area contributed by atoms with E-state index in [1.165, 1.54) is 0 Å². The third-order valence-electron chi connectivity index (χ3n) is 2.77. The number of rotatable bonds is 2. The molecule has 1 atom stereocenters. The quantitative estimate of drug-likeness (QED) is 0.859. The number of hydrogen-bond donors (Lipinski definition) is 1. The fraction of sp³-hybridized carbons (Fsp3) is 0.286. The van der Waals surface area contributed by atoms with Crippen molar-refractivity contribution in [2.75, 3.05) is 0 Å². The standard InChI is InChI=1S/C14H16N2O/c1-9-6-12(8-15-7-9)14(17)13-5-4-10(2)16-11(13)3/h4-8,14,17H,1-3H3. The fourth-order valence-electron chi connectivity index (χ4n) is 1.89. The summed E-state index contributed by atoms with van der Waals surface area (Å²) in [6.45, 7) is 5.82. The number of aromatic nitrogens is 2. The average molecular weight is 228 g/mol. The van der Waals surface area contributed by atoms with Crippen LogP contribution >= 0.6 is 0 Å². The van der Waals surface area contributed by atoms with Gasteiger partial charge in [0.25, 0.3) is 0 Å². The van der Waals surface area contributed by atoms with E-state index in [1.54, 1.807) is 12.4 Å². The van der Waals surface area contributed by atoms with Crippen LogP contribution in [0.15, 0.2) is 30.6 Å². The van der Waals surface area contributed by atoms with Crippen LogP contribution in [-0.2, 0) is 0 Å². The second-order valence-electron chi connectivity index (χ2n) is 4.33. The normalized spacial score (nSPS) is 12.5. The summed E-state index contributed by atoms with van der Waals surface area (Å²) in [5.74, 6) is 0. The minimum Gasteiger partial charge on any atom is -0.384 e. The zero-order valence-electron chi connectivity index (χ0n) is 10.3. The Labute approximate surface area is 101 Å². The van der Waals surface area contributed by atoms with E-state index < -0.39 is 6.10 Å². The summed E-state index contributed by atoms with van der Waals surface area (Å²) in [5, 5.41) is 10.3. The molecule has 0 aromatic carbocycles. The number of aryl methyl sites for hydroxylation is 3. The molecule has 1 unspecified atom stereocenters. The van der Waals surface area contributed by atoms with Gasteiger partial charge in [-0.3, -0.25) is 9.97 Å². The molecule has 17 heavy (non-hydrogen) atoms. The van der Waals surface area contributed by atoms with E-state index in [2.05, 4.69) is 9.97 Å². The molecule has 0 radical (unpaired) electrons. The fourth-order valence-corrected chi connectivity index (χ4v) is 1.89. The number of aliphatic hydroxyl groups excluding tert-OH is 1. The molecule has 0 spiro atoms. The third kappa shape index (κ3) is 2.50. The Kier molecular flexibility index (Phi) is 3.20. The molecule has 1 N–H and O–H groups in total. The summed E-state index contributed by atoms with van der Waals surface area (Å²) in [5.41, 5.74) is 4.50. The van der Waals surface area contributed by atoms with Crippen molar-refractivity contribution in [3.8, 4) is 0 Å². The maximum Gasteiger partial charge on any atom is 0.107 e. The smallest absolute Gasteiger partial charge is 0.107 e. The Morgan fingerprint density at radius 3 is 2.53 bits per heavy atom. The molecule has 0 aliphatic heterocycles. The van der Waals surface area contributed by atoms with E-state index in [0.717, 1.165) is 28.1 Å². The van der Waals surface area contributed by atoms with Crippen molar-refractivity contribution in [2.24, 2.45) is 0 Å². The highest BCUT2D eigenvalue weighted by Gasteiger charge is 2.14. The second kappa shape index (κ2) is 4.63. The van der Waals surface area contributed by atoms with Crippen LogP contribution in [0.3, 0.4) is 0 Å². The van der Waals surface area contributed by atoms with Gasteiger partial charge in [-0.1, -0.05) is 12.1 Å². The van der Waals surface area contributed by atoms with Crippen molar-refractivity contribution in [3.63, 3.8) is 0 Å².